The maximum absolute atomic E-state index is 2.48. The van der Waals surface area contributed by atoms with Crippen LogP contribution in [0.4, 0.5) is 0 Å². The average Bonchev–Trinajstić information content (AvgIpc) is 2.77. The van der Waals surface area contributed by atoms with Crippen molar-refractivity contribution in [3.63, 3.8) is 0 Å². The molecule has 0 spiro atoms. The molecule has 0 radical (unpaired) electrons. The first kappa shape index (κ1) is 24.6. The van der Waals surface area contributed by atoms with E-state index >= 15 is 0 Å². The lowest BCUT2D eigenvalue weighted by Gasteiger charge is -2.48. The van der Waals surface area contributed by atoms with E-state index in [1.807, 2.05) is 0 Å². The second kappa shape index (κ2) is 8.20. The molecule has 4 aromatic rings. The van der Waals surface area contributed by atoms with Gasteiger partial charge >= 0.3 is 0 Å². The van der Waals surface area contributed by atoms with Crippen LogP contribution < -0.4 is 0 Å². The highest BCUT2D eigenvalue weighted by Crippen LogP contribution is 2.55. The Bertz CT molecular complexity index is 1360. The molecule has 0 heteroatoms. The number of hydrogen-bond acceptors (Lipinski definition) is 0. The zero-order valence-electron chi connectivity index (χ0n) is 23.8. The first-order valence-corrected chi connectivity index (χ1v) is 13.3. The van der Waals surface area contributed by atoms with Crippen molar-refractivity contribution in [3.8, 4) is 33.4 Å². The van der Waals surface area contributed by atoms with Gasteiger partial charge in [0.05, 0.1) is 0 Å². The molecule has 0 saturated carbocycles. The molecule has 0 aliphatic heterocycles. The van der Waals surface area contributed by atoms with E-state index in [4.69, 9.17) is 0 Å². The zero-order valence-corrected chi connectivity index (χ0v) is 23.8. The molecule has 0 fully saturated rings. The van der Waals surface area contributed by atoms with Crippen LogP contribution in [0.15, 0.2) is 60.7 Å². The molecule has 0 atom stereocenters. The van der Waals surface area contributed by atoms with Crippen molar-refractivity contribution in [2.45, 2.75) is 80.1 Å². The molecule has 0 aromatic heterocycles. The Hall–Kier alpha value is -3.12. The largest absolute Gasteiger partial charge is 0.0557 e. The Morgan fingerprint density at radius 3 is 1.03 bits per heavy atom. The Balaban J connectivity index is 1.74. The second-order valence-electron chi connectivity index (χ2n) is 12.3. The van der Waals surface area contributed by atoms with Gasteiger partial charge in [-0.25, -0.2) is 0 Å². The third-order valence-electron chi connectivity index (χ3n) is 9.17. The number of rotatable bonds is 2. The molecule has 1 aliphatic carbocycles. The first-order valence-electron chi connectivity index (χ1n) is 13.3. The van der Waals surface area contributed by atoms with E-state index in [1.165, 1.54) is 77.9 Å². The molecule has 5 rings (SSSR count). The SMILES string of the molecule is Cc1cc(C)c(-c2ccc3c(c2)C(C)(C)C(C)(C)c2cc(-c4c(C)cc(C)cc4C)ccc2-3)c(C)c1. The average molecular weight is 473 g/mol. The summed E-state index contributed by atoms with van der Waals surface area (Å²) >= 11 is 0. The summed E-state index contributed by atoms with van der Waals surface area (Å²) in [6.45, 7) is 23.1. The fourth-order valence-electron chi connectivity index (χ4n) is 6.85. The Kier molecular flexibility index (Phi) is 5.60. The molecule has 36 heavy (non-hydrogen) atoms. The molecular weight excluding hydrogens is 432 g/mol. The monoisotopic (exact) mass is 472 g/mol. The minimum absolute atomic E-state index is 0.0200. The third-order valence-corrected chi connectivity index (χ3v) is 9.17. The summed E-state index contributed by atoms with van der Waals surface area (Å²) in [5.74, 6) is 0. The van der Waals surface area contributed by atoms with Crippen molar-refractivity contribution in [1.29, 1.82) is 0 Å². The molecule has 0 nitrogen and oxygen atoms in total. The van der Waals surface area contributed by atoms with Crippen molar-refractivity contribution < 1.29 is 0 Å². The van der Waals surface area contributed by atoms with Crippen LogP contribution in [-0.4, -0.2) is 0 Å². The minimum Gasteiger partial charge on any atom is -0.0557 e. The molecule has 0 bridgehead atoms. The molecule has 0 amide bonds. The Labute approximate surface area is 218 Å². The van der Waals surface area contributed by atoms with Gasteiger partial charge in [0.2, 0.25) is 0 Å². The van der Waals surface area contributed by atoms with Gasteiger partial charge in [0.25, 0.3) is 0 Å². The standard InChI is InChI=1S/C36H40/c1-21-15-23(3)33(24(4)16-21)27-11-13-29-30-14-12-28(34-25(5)17-22(2)18-26(34)6)20-32(30)36(9,10)35(7,8)31(29)19-27/h11-20H,1-10H3. The topological polar surface area (TPSA) is 0 Å². The van der Waals surface area contributed by atoms with E-state index in [0.717, 1.165) is 0 Å². The van der Waals surface area contributed by atoms with Crippen LogP contribution in [0, 0.1) is 41.5 Å². The fraction of sp³-hybridized carbons (Fsp3) is 0.333. The number of aryl methyl sites for hydroxylation is 6. The van der Waals surface area contributed by atoms with Crippen LogP contribution in [0.3, 0.4) is 0 Å². The maximum Gasteiger partial charge on any atom is -0.000546 e. The highest BCUT2D eigenvalue weighted by Gasteiger charge is 2.46. The quantitative estimate of drug-likeness (QED) is 0.272. The predicted molar refractivity (Wildman–Crippen MR) is 157 cm³/mol. The third kappa shape index (κ3) is 3.57. The van der Waals surface area contributed by atoms with Crippen molar-refractivity contribution >= 4 is 0 Å². The molecule has 0 heterocycles. The van der Waals surface area contributed by atoms with E-state index in [2.05, 4.69) is 130 Å². The highest BCUT2D eigenvalue weighted by molar-refractivity contribution is 5.85. The van der Waals surface area contributed by atoms with Crippen molar-refractivity contribution in [3.05, 3.63) is 105 Å². The Morgan fingerprint density at radius 2 is 0.722 bits per heavy atom. The Morgan fingerprint density at radius 1 is 0.417 bits per heavy atom. The fourth-order valence-corrected chi connectivity index (χ4v) is 6.85. The lowest BCUT2D eigenvalue weighted by molar-refractivity contribution is 0.299. The van der Waals surface area contributed by atoms with E-state index in [9.17, 15) is 0 Å². The lowest BCUT2D eigenvalue weighted by Crippen LogP contribution is -2.43. The summed E-state index contributed by atoms with van der Waals surface area (Å²) in [6, 6.07) is 23.6. The molecule has 184 valence electrons. The molecular formula is C36H40. The first-order chi connectivity index (χ1) is 16.8. The number of fused-ring (bicyclic) bond motifs is 3. The summed E-state index contributed by atoms with van der Waals surface area (Å²) in [5.41, 5.74) is 19.1. The van der Waals surface area contributed by atoms with Crippen LogP contribution in [-0.2, 0) is 10.8 Å². The molecule has 0 unspecified atom stereocenters. The smallest absolute Gasteiger partial charge is 0.000546 e. The van der Waals surface area contributed by atoms with Gasteiger partial charge in [0.1, 0.15) is 0 Å². The normalized spacial score (nSPS) is 15.4. The number of hydrogen-bond donors (Lipinski definition) is 0. The van der Waals surface area contributed by atoms with E-state index in [-0.39, 0.29) is 10.8 Å². The van der Waals surface area contributed by atoms with E-state index in [1.54, 1.807) is 0 Å². The van der Waals surface area contributed by atoms with Crippen LogP contribution >= 0.6 is 0 Å². The van der Waals surface area contributed by atoms with Gasteiger partial charge in [-0.1, -0.05) is 87.4 Å². The second-order valence-corrected chi connectivity index (χ2v) is 12.3. The van der Waals surface area contributed by atoms with Gasteiger partial charge in [-0.2, -0.15) is 0 Å². The van der Waals surface area contributed by atoms with Crippen molar-refractivity contribution in [2.24, 2.45) is 0 Å². The van der Waals surface area contributed by atoms with Crippen LogP contribution in [0.1, 0.15) is 72.2 Å². The molecule has 4 aromatic carbocycles. The highest BCUT2D eigenvalue weighted by atomic mass is 14.5. The van der Waals surface area contributed by atoms with E-state index < -0.39 is 0 Å². The van der Waals surface area contributed by atoms with Gasteiger partial charge in [0.15, 0.2) is 0 Å². The maximum atomic E-state index is 2.48. The van der Waals surface area contributed by atoms with Crippen molar-refractivity contribution in [2.75, 3.05) is 0 Å². The molecule has 1 aliphatic rings. The summed E-state index contributed by atoms with van der Waals surface area (Å²) in [5, 5.41) is 0. The van der Waals surface area contributed by atoms with Gasteiger partial charge < -0.3 is 0 Å². The summed E-state index contributed by atoms with van der Waals surface area (Å²) in [7, 11) is 0. The summed E-state index contributed by atoms with van der Waals surface area (Å²) in [4.78, 5) is 0. The molecule has 0 N–H and O–H groups in total. The summed E-state index contributed by atoms with van der Waals surface area (Å²) in [6.07, 6.45) is 0. The molecule has 0 saturated heterocycles. The van der Waals surface area contributed by atoms with Crippen LogP contribution in [0.5, 0.6) is 0 Å². The van der Waals surface area contributed by atoms with Gasteiger partial charge in [-0.15, -0.1) is 0 Å². The van der Waals surface area contributed by atoms with Gasteiger partial charge in [-0.3, -0.25) is 0 Å². The lowest BCUT2D eigenvalue weighted by atomic mass is 9.55. The zero-order chi connectivity index (χ0) is 26.2. The minimum atomic E-state index is -0.0200. The predicted octanol–water partition coefficient (Wildman–Crippen LogP) is 10.1. The van der Waals surface area contributed by atoms with Gasteiger partial charge in [-0.05, 0) is 131 Å². The summed E-state index contributed by atoms with van der Waals surface area (Å²) < 4.78 is 0. The van der Waals surface area contributed by atoms with E-state index in [0.29, 0.717) is 0 Å². The van der Waals surface area contributed by atoms with Crippen LogP contribution in [0.25, 0.3) is 33.4 Å². The van der Waals surface area contributed by atoms with Crippen LogP contribution in [0.2, 0.25) is 0 Å². The van der Waals surface area contributed by atoms with Crippen molar-refractivity contribution in [1.82, 2.24) is 0 Å². The number of benzene rings is 4. The van der Waals surface area contributed by atoms with Gasteiger partial charge in [0, 0.05) is 0 Å².